The maximum absolute atomic E-state index is 10.9. The van der Waals surface area contributed by atoms with Crippen LogP contribution >= 0.6 is 0 Å². The van der Waals surface area contributed by atoms with E-state index >= 15 is 0 Å². The number of rotatable bonds is 6. The summed E-state index contributed by atoms with van der Waals surface area (Å²) in [6.45, 7) is 13.5. The van der Waals surface area contributed by atoms with Gasteiger partial charge in [-0.25, -0.2) is 0 Å². The van der Waals surface area contributed by atoms with Gasteiger partial charge in [0, 0.05) is 5.56 Å². The molecule has 3 aromatic rings. The second-order valence-corrected chi connectivity index (χ2v) is 8.65. The van der Waals surface area contributed by atoms with E-state index in [2.05, 4.69) is 96.1 Å². The third-order valence-electron chi connectivity index (χ3n) is 6.92. The zero-order chi connectivity index (χ0) is 21.1. The van der Waals surface area contributed by atoms with Crippen LogP contribution in [-0.2, 0) is 0 Å². The highest BCUT2D eigenvalue weighted by Gasteiger charge is 2.27. The van der Waals surface area contributed by atoms with Crippen molar-refractivity contribution in [1.29, 1.82) is 0 Å². The molecule has 4 atom stereocenters. The molecule has 0 amide bonds. The van der Waals surface area contributed by atoms with Gasteiger partial charge in [0.1, 0.15) is 5.75 Å². The molecule has 0 bridgehead atoms. The fourth-order valence-corrected chi connectivity index (χ4v) is 4.72. The summed E-state index contributed by atoms with van der Waals surface area (Å²) >= 11 is 0. The molecule has 0 saturated heterocycles. The minimum absolute atomic E-state index is 0.221. The van der Waals surface area contributed by atoms with Gasteiger partial charge in [0.15, 0.2) is 0 Å². The summed E-state index contributed by atoms with van der Waals surface area (Å²) in [5, 5.41) is 10.9. The highest BCUT2D eigenvalue weighted by atomic mass is 16.3. The predicted molar refractivity (Wildman–Crippen MR) is 124 cm³/mol. The summed E-state index contributed by atoms with van der Waals surface area (Å²) in [6.07, 6.45) is 0. The Kier molecular flexibility index (Phi) is 6.47. The molecule has 0 aliphatic carbocycles. The Labute approximate surface area is 176 Å². The molecule has 4 unspecified atom stereocenters. The monoisotopic (exact) mass is 386 g/mol. The molecule has 1 heteroatoms. The molecule has 0 fully saturated rings. The molecule has 0 spiro atoms. The van der Waals surface area contributed by atoms with E-state index < -0.39 is 0 Å². The van der Waals surface area contributed by atoms with Crippen LogP contribution in [-0.4, -0.2) is 5.11 Å². The normalized spacial score (nSPS) is 15.5. The quantitative estimate of drug-likeness (QED) is 0.458. The number of phenolic OH excluding ortho intramolecular Hbond substituents is 1. The van der Waals surface area contributed by atoms with E-state index in [0.29, 0.717) is 23.5 Å². The maximum Gasteiger partial charge on any atom is 0.119 e. The van der Waals surface area contributed by atoms with Crippen LogP contribution in [0.5, 0.6) is 5.75 Å². The van der Waals surface area contributed by atoms with Gasteiger partial charge in [0.05, 0.1) is 0 Å². The third-order valence-corrected chi connectivity index (χ3v) is 6.92. The highest BCUT2D eigenvalue weighted by Crippen LogP contribution is 2.44. The molecule has 0 aliphatic rings. The van der Waals surface area contributed by atoms with E-state index in [0.717, 1.165) is 5.56 Å². The lowest BCUT2D eigenvalue weighted by molar-refractivity contribution is 0.451. The topological polar surface area (TPSA) is 20.2 Å². The van der Waals surface area contributed by atoms with Gasteiger partial charge in [-0.1, -0.05) is 88.4 Å². The molecular weight excluding hydrogens is 352 g/mol. The third kappa shape index (κ3) is 4.24. The molecule has 1 N–H and O–H groups in total. The second-order valence-electron chi connectivity index (χ2n) is 8.65. The van der Waals surface area contributed by atoms with Crippen LogP contribution in [0, 0.1) is 13.8 Å². The Balaban J connectivity index is 2.01. The van der Waals surface area contributed by atoms with Crippen LogP contribution in [0.1, 0.15) is 84.7 Å². The first-order valence-electron chi connectivity index (χ1n) is 10.8. The van der Waals surface area contributed by atoms with Gasteiger partial charge < -0.3 is 5.11 Å². The number of aryl methyl sites for hydroxylation is 2. The fourth-order valence-electron chi connectivity index (χ4n) is 4.72. The second kappa shape index (κ2) is 8.86. The van der Waals surface area contributed by atoms with Gasteiger partial charge in [-0.15, -0.1) is 0 Å². The van der Waals surface area contributed by atoms with Crippen molar-refractivity contribution in [3.63, 3.8) is 0 Å². The van der Waals surface area contributed by atoms with Crippen molar-refractivity contribution < 1.29 is 5.11 Å². The molecule has 0 saturated carbocycles. The zero-order valence-electron chi connectivity index (χ0n) is 18.6. The van der Waals surface area contributed by atoms with Gasteiger partial charge in [-0.3, -0.25) is 0 Å². The van der Waals surface area contributed by atoms with E-state index in [9.17, 15) is 5.11 Å². The van der Waals surface area contributed by atoms with Crippen LogP contribution < -0.4 is 0 Å². The largest absolute Gasteiger partial charge is 0.508 e. The number of hydrogen-bond acceptors (Lipinski definition) is 1. The molecule has 29 heavy (non-hydrogen) atoms. The van der Waals surface area contributed by atoms with Crippen LogP contribution in [0.2, 0.25) is 0 Å². The molecule has 0 aliphatic heterocycles. The lowest BCUT2D eigenvalue weighted by Gasteiger charge is -2.30. The summed E-state index contributed by atoms with van der Waals surface area (Å²) in [5.74, 6) is 1.64. The van der Waals surface area contributed by atoms with Crippen LogP contribution in [0.3, 0.4) is 0 Å². The molecule has 152 valence electrons. The van der Waals surface area contributed by atoms with Gasteiger partial charge >= 0.3 is 0 Å². The van der Waals surface area contributed by atoms with E-state index in [1.54, 1.807) is 0 Å². The number of aromatic hydroxyl groups is 1. The van der Waals surface area contributed by atoms with Crippen molar-refractivity contribution in [2.45, 2.75) is 65.2 Å². The Bertz CT molecular complexity index is 972. The fraction of sp³-hybridized carbons (Fsp3) is 0.357. The average molecular weight is 387 g/mol. The average Bonchev–Trinajstić information content (AvgIpc) is 2.72. The van der Waals surface area contributed by atoms with E-state index in [1.807, 2.05) is 12.1 Å². The van der Waals surface area contributed by atoms with Crippen molar-refractivity contribution in [3.05, 3.63) is 100 Å². The van der Waals surface area contributed by atoms with Gasteiger partial charge in [0.25, 0.3) is 0 Å². The summed E-state index contributed by atoms with van der Waals surface area (Å²) in [7, 11) is 0. The summed E-state index contributed by atoms with van der Waals surface area (Å²) < 4.78 is 0. The van der Waals surface area contributed by atoms with Crippen molar-refractivity contribution in [3.8, 4) is 5.75 Å². The molecule has 0 heterocycles. The van der Waals surface area contributed by atoms with E-state index in [-0.39, 0.29) is 5.92 Å². The highest BCUT2D eigenvalue weighted by molar-refractivity contribution is 5.47. The van der Waals surface area contributed by atoms with Gasteiger partial charge in [0.2, 0.25) is 0 Å². The first-order chi connectivity index (χ1) is 13.8. The zero-order valence-corrected chi connectivity index (χ0v) is 18.6. The minimum atomic E-state index is 0.221. The standard InChI is InChI=1S/C28H34O/c1-18-12-7-9-14-24(18)20(3)21(4)26-16-11-17-27(29)28(26)23(6)22(5)25-15-10-8-13-19(25)2/h7-17,20-23,29H,1-6H3. The molecule has 3 aromatic carbocycles. The van der Waals surface area contributed by atoms with Gasteiger partial charge in [-0.05, 0) is 71.4 Å². The minimum Gasteiger partial charge on any atom is -0.508 e. The lowest BCUT2D eigenvalue weighted by atomic mass is 9.75. The maximum atomic E-state index is 10.9. The van der Waals surface area contributed by atoms with Gasteiger partial charge in [-0.2, -0.15) is 0 Å². The first kappa shape index (κ1) is 21.2. The van der Waals surface area contributed by atoms with Crippen molar-refractivity contribution in [1.82, 2.24) is 0 Å². The van der Waals surface area contributed by atoms with Crippen LogP contribution in [0.15, 0.2) is 66.7 Å². The first-order valence-corrected chi connectivity index (χ1v) is 10.8. The SMILES string of the molecule is Cc1ccccc1C(C)C(C)c1cccc(O)c1C(C)C(C)c1ccccc1C. The van der Waals surface area contributed by atoms with Crippen molar-refractivity contribution in [2.24, 2.45) is 0 Å². The van der Waals surface area contributed by atoms with E-state index in [1.165, 1.54) is 27.8 Å². The summed E-state index contributed by atoms with van der Waals surface area (Å²) in [6, 6.07) is 23.3. The lowest BCUT2D eigenvalue weighted by Crippen LogP contribution is -2.13. The predicted octanol–water partition coefficient (Wildman–Crippen LogP) is 7.82. The van der Waals surface area contributed by atoms with Crippen molar-refractivity contribution in [2.75, 3.05) is 0 Å². The number of hydrogen-bond donors (Lipinski definition) is 1. The van der Waals surface area contributed by atoms with Crippen LogP contribution in [0.4, 0.5) is 0 Å². The molecular formula is C28H34O. The number of benzene rings is 3. The van der Waals surface area contributed by atoms with Crippen LogP contribution in [0.25, 0.3) is 0 Å². The Morgan fingerprint density at radius 1 is 0.517 bits per heavy atom. The smallest absolute Gasteiger partial charge is 0.119 e. The molecule has 3 rings (SSSR count). The molecule has 0 aromatic heterocycles. The number of phenols is 1. The summed E-state index contributed by atoms with van der Waals surface area (Å²) in [5.41, 5.74) is 7.73. The van der Waals surface area contributed by atoms with E-state index in [4.69, 9.17) is 0 Å². The Morgan fingerprint density at radius 2 is 0.931 bits per heavy atom. The van der Waals surface area contributed by atoms with Crippen molar-refractivity contribution >= 4 is 0 Å². The Morgan fingerprint density at radius 3 is 1.45 bits per heavy atom. The molecule has 1 nitrogen and oxygen atoms in total. The molecule has 0 radical (unpaired) electrons. The Hall–Kier alpha value is -2.54. The summed E-state index contributed by atoms with van der Waals surface area (Å²) in [4.78, 5) is 0.